The Balaban J connectivity index is 1.71. The Hall–Kier alpha value is -1.74. The zero-order chi connectivity index (χ0) is 17.2. The maximum atomic E-state index is 12.8. The van der Waals surface area contributed by atoms with Crippen LogP contribution < -0.4 is 0 Å². The molecular weight excluding hydrogens is 328 g/mol. The normalized spacial score (nSPS) is 19.7. The van der Waals surface area contributed by atoms with Crippen LogP contribution in [0.25, 0.3) is 0 Å². The molecule has 0 unspecified atom stereocenters. The molecule has 1 aromatic carbocycles. The number of morpholine rings is 1. The molecule has 0 N–H and O–H groups in total. The van der Waals surface area contributed by atoms with E-state index in [4.69, 9.17) is 4.74 Å². The van der Waals surface area contributed by atoms with Gasteiger partial charge in [0.25, 0.3) is 10.2 Å². The van der Waals surface area contributed by atoms with E-state index in [1.54, 1.807) is 17.9 Å². The summed E-state index contributed by atoms with van der Waals surface area (Å²) in [7, 11) is -0.140. The van der Waals surface area contributed by atoms with Crippen molar-refractivity contribution in [1.29, 1.82) is 0 Å². The topological polar surface area (TPSA) is 67.7 Å². The fourth-order valence-electron chi connectivity index (χ4n) is 2.79. The summed E-state index contributed by atoms with van der Waals surface area (Å²) in [5, 5.41) is 4.08. The highest BCUT2D eigenvalue weighted by atomic mass is 32.2. The molecule has 0 aliphatic carbocycles. The molecule has 0 bridgehead atoms. The second-order valence-corrected chi connectivity index (χ2v) is 7.95. The molecule has 0 amide bonds. The SMILES string of the molecule is CN(Cc1cnn(C)c1)S(=O)(=O)N1CCO[C@@H](c2ccccc2)C1. The van der Waals surface area contributed by atoms with Gasteiger partial charge in [-0.05, 0) is 5.56 Å². The molecule has 1 aromatic heterocycles. The van der Waals surface area contributed by atoms with E-state index in [2.05, 4.69) is 5.10 Å². The van der Waals surface area contributed by atoms with Gasteiger partial charge < -0.3 is 4.74 Å². The quantitative estimate of drug-likeness (QED) is 0.812. The van der Waals surface area contributed by atoms with E-state index in [1.807, 2.05) is 43.6 Å². The van der Waals surface area contributed by atoms with Crippen molar-refractivity contribution in [3.8, 4) is 0 Å². The monoisotopic (exact) mass is 350 g/mol. The molecule has 7 nitrogen and oxygen atoms in total. The van der Waals surface area contributed by atoms with E-state index in [-0.39, 0.29) is 6.10 Å². The third-order valence-corrected chi connectivity index (χ3v) is 5.99. The lowest BCUT2D eigenvalue weighted by atomic mass is 10.1. The lowest BCUT2D eigenvalue weighted by Gasteiger charge is -2.34. The molecule has 1 saturated heterocycles. The second-order valence-electron chi connectivity index (χ2n) is 5.91. The first-order valence-corrected chi connectivity index (χ1v) is 9.22. The average Bonchev–Trinajstić information content (AvgIpc) is 3.00. The Morgan fingerprint density at radius 2 is 2.08 bits per heavy atom. The summed E-state index contributed by atoms with van der Waals surface area (Å²) in [6.45, 7) is 1.37. The van der Waals surface area contributed by atoms with E-state index in [9.17, 15) is 8.42 Å². The van der Waals surface area contributed by atoms with Crippen LogP contribution in [0.5, 0.6) is 0 Å². The molecule has 1 fully saturated rings. The van der Waals surface area contributed by atoms with Gasteiger partial charge in [0.05, 0.1) is 18.9 Å². The van der Waals surface area contributed by atoms with Gasteiger partial charge in [0.15, 0.2) is 0 Å². The Bertz CT molecular complexity index is 776. The number of benzene rings is 1. The lowest BCUT2D eigenvalue weighted by Crippen LogP contribution is -2.47. The minimum Gasteiger partial charge on any atom is -0.371 e. The molecule has 8 heteroatoms. The number of nitrogens with zero attached hydrogens (tertiary/aromatic N) is 4. The van der Waals surface area contributed by atoms with Crippen LogP contribution in [0.4, 0.5) is 0 Å². The van der Waals surface area contributed by atoms with Crippen LogP contribution in [0.15, 0.2) is 42.7 Å². The van der Waals surface area contributed by atoms with Gasteiger partial charge in [-0.2, -0.15) is 22.1 Å². The summed E-state index contributed by atoms with van der Waals surface area (Å²) in [6.07, 6.45) is 3.26. The number of ether oxygens (including phenoxy) is 1. The molecule has 24 heavy (non-hydrogen) atoms. The van der Waals surface area contributed by atoms with Crippen LogP contribution in [-0.2, 0) is 28.5 Å². The van der Waals surface area contributed by atoms with Crippen molar-refractivity contribution in [3.05, 3.63) is 53.9 Å². The molecule has 2 heterocycles. The minimum atomic E-state index is -3.54. The molecule has 3 rings (SSSR count). The number of hydrogen-bond acceptors (Lipinski definition) is 4. The number of rotatable bonds is 5. The molecule has 0 radical (unpaired) electrons. The van der Waals surface area contributed by atoms with Crippen molar-refractivity contribution in [1.82, 2.24) is 18.4 Å². The Morgan fingerprint density at radius 1 is 1.33 bits per heavy atom. The van der Waals surface area contributed by atoms with Crippen molar-refractivity contribution >= 4 is 10.2 Å². The van der Waals surface area contributed by atoms with E-state index in [1.165, 1.54) is 8.61 Å². The number of aryl methyl sites for hydroxylation is 1. The summed E-state index contributed by atoms with van der Waals surface area (Å²) in [4.78, 5) is 0. The third kappa shape index (κ3) is 3.67. The van der Waals surface area contributed by atoms with Gasteiger partial charge in [-0.25, -0.2) is 0 Å². The predicted octanol–water partition coefficient (Wildman–Crippen LogP) is 1.17. The van der Waals surface area contributed by atoms with Gasteiger partial charge in [0.2, 0.25) is 0 Å². The number of aromatic nitrogens is 2. The second kappa shape index (κ2) is 7.02. The largest absolute Gasteiger partial charge is 0.371 e. The lowest BCUT2D eigenvalue weighted by molar-refractivity contribution is -0.00414. The van der Waals surface area contributed by atoms with E-state index < -0.39 is 10.2 Å². The molecule has 1 aliphatic heterocycles. The number of hydrogen-bond donors (Lipinski definition) is 0. The maximum Gasteiger partial charge on any atom is 0.282 e. The summed E-state index contributed by atoms with van der Waals surface area (Å²) >= 11 is 0. The van der Waals surface area contributed by atoms with Gasteiger partial charge in [0.1, 0.15) is 0 Å². The van der Waals surface area contributed by atoms with Gasteiger partial charge in [-0.3, -0.25) is 4.68 Å². The predicted molar refractivity (Wildman–Crippen MR) is 90.3 cm³/mol. The highest BCUT2D eigenvalue weighted by molar-refractivity contribution is 7.86. The fourth-order valence-corrected chi connectivity index (χ4v) is 4.13. The summed E-state index contributed by atoms with van der Waals surface area (Å²) in [5.41, 5.74) is 1.85. The van der Waals surface area contributed by atoms with E-state index in [0.29, 0.717) is 26.2 Å². The van der Waals surface area contributed by atoms with Gasteiger partial charge in [0, 0.05) is 45.5 Å². The smallest absolute Gasteiger partial charge is 0.282 e. The summed E-state index contributed by atoms with van der Waals surface area (Å²) < 4.78 is 35.9. The molecule has 1 atom stereocenters. The highest BCUT2D eigenvalue weighted by Crippen LogP contribution is 2.24. The average molecular weight is 350 g/mol. The van der Waals surface area contributed by atoms with Crippen LogP contribution in [0.1, 0.15) is 17.2 Å². The Morgan fingerprint density at radius 3 is 2.75 bits per heavy atom. The van der Waals surface area contributed by atoms with Crippen molar-refractivity contribution < 1.29 is 13.2 Å². The summed E-state index contributed by atoms with van der Waals surface area (Å²) in [6, 6.07) is 9.71. The minimum absolute atomic E-state index is 0.235. The fraction of sp³-hybridized carbons (Fsp3) is 0.438. The van der Waals surface area contributed by atoms with Gasteiger partial charge >= 0.3 is 0 Å². The van der Waals surface area contributed by atoms with E-state index >= 15 is 0 Å². The van der Waals surface area contributed by atoms with Crippen molar-refractivity contribution in [2.24, 2.45) is 7.05 Å². The van der Waals surface area contributed by atoms with Crippen LogP contribution in [0.3, 0.4) is 0 Å². The Kier molecular flexibility index (Phi) is 5.00. The molecular formula is C16H22N4O3S. The maximum absolute atomic E-state index is 12.8. The Labute approximate surface area is 142 Å². The van der Waals surface area contributed by atoms with Gasteiger partial charge in [-0.1, -0.05) is 30.3 Å². The van der Waals surface area contributed by atoms with Gasteiger partial charge in [-0.15, -0.1) is 0 Å². The van der Waals surface area contributed by atoms with Crippen LogP contribution >= 0.6 is 0 Å². The standard InChI is InChI=1S/C16H22N4O3S/c1-18-11-14(10-17-18)12-19(2)24(21,22)20-8-9-23-16(13-20)15-6-4-3-5-7-15/h3-7,10-11,16H,8-9,12-13H2,1-2H3/t16-/m1/s1. The first-order chi connectivity index (χ1) is 11.5. The molecule has 2 aromatic rings. The first kappa shape index (κ1) is 17.1. The molecule has 1 aliphatic rings. The van der Waals surface area contributed by atoms with E-state index in [0.717, 1.165) is 11.1 Å². The van der Waals surface area contributed by atoms with Crippen molar-refractivity contribution in [2.45, 2.75) is 12.6 Å². The zero-order valence-corrected chi connectivity index (χ0v) is 14.7. The third-order valence-electron chi connectivity index (χ3n) is 4.08. The van der Waals surface area contributed by atoms with Crippen molar-refractivity contribution in [2.75, 3.05) is 26.7 Å². The van der Waals surface area contributed by atoms with Crippen LogP contribution in [-0.4, -0.2) is 53.6 Å². The molecule has 0 saturated carbocycles. The van der Waals surface area contributed by atoms with Crippen molar-refractivity contribution in [3.63, 3.8) is 0 Å². The summed E-state index contributed by atoms with van der Waals surface area (Å²) in [5.74, 6) is 0. The van der Waals surface area contributed by atoms with Crippen LogP contribution in [0, 0.1) is 0 Å². The highest BCUT2D eigenvalue weighted by Gasteiger charge is 2.33. The first-order valence-electron chi connectivity index (χ1n) is 7.82. The zero-order valence-electron chi connectivity index (χ0n) is 13.9. The molecule has 130 valence electrons. The van der Waals surface area contributed by atoms with Crippen LogP contribution in [0.2, 0.25) is 0 Å². The molecule has 0 spiro atoms.